The van der Waals surface area contributed by atoms with Crippen molar-refractivity contribution < 1.29 is 14.3 Å². The second-order valence-electron chi connectivity index (χ2n) is 8.10. The summed E-state index contributed by atoms with van der Waals surface area (Å²) in [5, 5.41) is 7.23. The standard InChI is InChI=1S/C22H28N4O3/c1-15-13-26(14-16(2)29-15)22(28)19-12-23-24-20(19)17-8-10-25(11-9-17)21(27)18-6-4-3-5-7-18/h3-7,12,15-17H,8-11,13-14H2,1-2H3,(H,23,24)/t15-,16-/m0/s1. The molecular weight excluding hydrogens is 368 g/mol. The number of nitrogens with zero attached hydrogens (tertiary/aromatic N) is 3. The molecule has 0 unspecified atom stereocenters. The summed E-state index contributed by atoms with van der Waals surface area (Å²) in [7, 11) is 0. The van der Waals surface area contributed by atoms with Crippen LogP contribution in [0.3, 0.4) is 0 Å². The fourth-order valence-corrected chi connectivity index (χ4v) is 4.43. The first-order valence-corrected chi connectivity index (χ1v) is 10.3. The third kappa shape index (κ3) is 4.19. The number of likely N-dealkylation sites (tertiary alicyclic amines) is 1. The molecule has 1 aromatic heterocycles. The van der Waals surface area contributed by atoms with E-state index in [2.05, 4.69) is 10.2 Å². The van der Waals surface area contributed by atoms with E-state index in [1.165, 1.54) is 0 Å². The lowest BCUT2D eigenvalue weighted by Gasteiger charge is -2.36. The number of morpholine rings is 1. The van der Waals surface area contributed by atoms with Crippen molar-refractivity contribution in [2.45, 2.75) is 44.8 Å². The van der Waals surface area contributed by atoms with Crippen LogP contribution in [0.2, 0.25) is 0 Å². The van der Waals surface area contributed by atoms with Gasteiger partial charge in [-0.2, -0.15) is 5.10 Å². The van der Waals surface area contributed by atoms with E-state index in [0.29, 0.717) is 31.7 Å². The smallest absolute Gasteiger partial charge is 0.257 e. The molecule has 2 amide bonds. The molecule has 0 spiro atoms. The molecular formula is C22H28N4O3. The number of aromatic amines is 1. The van der Waals surface area contributed by atoms with Gasteiger partial charge in [-0.05, 0) is 38.8 Å². The highest BCUT2D eigenvalue weighted by molar-refractivity contribution is 5.95. The minimum Gasteiger partial charge on any atom is -0.372 e. The van der Waals surface area contributed by atoms with Gasteiger partial charge >= 0.3 is 0 Å². The van der Waals surface area contributed by atoms with Crippen LogP contribution in [0.1, 0.15) is 59.0 Å². The first-order valence-electron chi connectivity index (χ1n) is 10.3. The Balaban J connectivity index is 1.42. The van der Waals surface area contributed by atoms with Gasteiger partial charge in [0.05, 0.1) is 29.7 Å². The number of aromatic nitrogens is 2. The minimum absolute atomic E-state index is 0.0125. The fraction of sp³-hybridized carbons (Fsp3) is 0.500. The van der Waals surface area contributed by atoms with Crippen LogP contribution in [0.15, 0.2) is 36.5 Å². The largest absolute Gasteiger partial charge is 0.372 e. The number of rotatable bonds is 3. The average molecular weight is 396 g/mol. The van der Waals surface area contributed by atoms with Crippen molar-refractivity contribution in [3.63, 3.8) is 0 Å². The lowest BCUT2D eigenvalue weighted by atomic mass is 9.90. The van der Waals surface area contributed by atoms with E-state index in [-0.39, 0.29) is 29.9 Å². The molecule has 2 aliphatic rings. The van der Waals surface area contributed by atoms with Crippen molar-refractivity contribution >= 4 is 11.8 Å². The molecule has 1 N–H and O–H groups in total. The second kappa shape index (κ2) is 8.37. The van der Waals surface area contributed by atoms with Crippen LogP contribution in [0.25, 0.3) is 0 Å². The van der Waals surface area contributed by atoms with E-state index in [1.54, 1.807) is 6.20 Å². The molecule has 154 valence electrons. The quantitative estimate of drug-likeness (QED) is 0.865. The summed E-state index contributed by atoms with van der Waals surface area (Å²) in [6.45, 7) is 6.53. The van der Waals surface area contributed by atoms with Gasteiger partial charge in [0.25, 0.3) is 11.8 Å². The maximum Gasteiger partial charge on any atom is 0.257 e. The third-order valence-electron chi connectivity index (χ3n) is 5.82. The number of carbonyl (C=O) groups excluding carboxylic acids is 2. The normalized spacial score (nSPS) is 23.2. The Hall–Kier alpha value is -2.67. The van der Waals surface area contributed by atoms with E-state index in [0.717, 1.165) is 24.1 Å². The maximum absolute atomic E-state index is 13.1. The molecule has 4 rings (SSSR count). The third-order valence-corrected chi connectivity index (χ3v) is 5.82. The van der Waals surface area contributed by atoms with E-state index in [1.807, 2.05) is 54.0 Å². The van der Waals surface area contributed by atoms with Crippen molar-refractivity contribution in [2.75, 3.05) is 26.2 Å². The molecule has 0 saturated carbocycles. The molecule has 2 aliphatic heterocycles. The van der Waals surface area contributed by atoms with Crippen LogP contribution in [0.4, 0.5) is 0 Å². The Labute approximate surface area is 171 Å². The zero-order valence-electron chi connectivity index (χ0n) is 17.0. The van der Waals surface area contributed by atoms with Crippen molar-refractivity contribution in [1.82, 2.24) is 20.0 Å². The van der Waals surface area contributed by atoms with Crippen LogP contribution in [0.5, 0.6) is 0 Å². The van der Waals surface area contributed by atoms with Gasteiger partial charge in [0.1, 0.15) is 0 Å². The van der Waals surface area contributed by atoms with Crippen LogP contribution in [-0.2, 0) is 4.74 Å². The number of carbonyl (C=O) groups is 2. The van der Waals surface area contributed by atoms with Gasteiger partial charge in [-0.25, -0.2) is 0 Å². The topological polar surface area (TPSA) is 78.5 Å². The predicted molar refractivity (Wildman–Crippen MR) is 109 cm³/mol. The van der Waals surface area contributed by atoms with E-state index in [9.17, 15) is 9.59 Å². The summed E-state index contributed by atoms with van der Waals surface area (Å²) in [6.07, 6.45) is 3.34. The molecule has 0 aliphatic carbocycles. The van der Waals surface area contributed by atoms with Gasteiger partial charge in [0.2, 0.25) is 0 Å². The Morgan fingerprint density at radius 2 is 1.66 bits per heavy atom. The molecule has 7 heteroatoms. The number of hydrogen-bond acceptors (Lipinski definition) is 4. The zero-order valence-corrected chi connectivity index (χ0v) is 17.0. The lowest BCUT2D eigenvalue weighted by molar-refractivity contribution is -0.0586. The molecule has 2 saturated heterocycles. The second-order valence-corrected chi connectivity index (χ2v) is 8.10. The highest BCUT2D eigenvalue weighted by Crippen LogP contribution is 2.30. The van der Waals surface area contributed by atoms with Crippen molar-refractivity contribution in [2.24, 2.45) is 0 Å². The van der Waals surface area contributed by atoms with Crippen LogP contribution in [0, 0.1) is 0 Å². The molecule has 29 heavy (non-hydrogen) atoms. The van der Waals surface area contributed by atoms with Gasteiger partial charge in [-0.3, -0.25) is 14.7 Å². The van der Waals surface area contributed by atoms with Crippen molar-refractivity contribution in [3.8, 4) is 0 Å². The average Bonchev–Trinajstić information content (AvgIpc) is 3.22. The van der Waals surface area contributed by atoms with Crippen LogP contribution < -0.4 is 0 Å². The summed E-state index contributed by atoms with van der Waals surface area (Å²) in [6, 6.07) is 9.39. The summed E-state index contributed by atoms with van der Waals surface area (Å²) in [5.41, 5.74) is 2.27. The number of hydrogen-bond donors (Lipinski definition) is 1. The van der Waals surface area contributed by atoms with Gasteiger partial charge < -0.3 is 14.5 Å². The van der Waals surface area contributed by atoms with Crippen molar-refractivity contribution in [1.29, 1.82) is 0 Å². The molecule has 2 atom stereocenters. The van der Waals surface area contributed by atoms with E-state index < -0.39 is 0 Å². The van der Waals surface area contributed by atoms with Gasteiger partial charge in [-0.15, -0.1) is 0 Å². The summed E-state index contributed by atoms with van der Waals surface area (Å²) in [5.74, 6) is 0.284. The summed E-state index contributed by atoms with van der Waals surface area (Å²) < 4.78 is 5.75. The molecule has 0 radical (unpaired) electrons. The fourth-order valence-electron chi connectivity index (χ4n) is 4.43. The number of H-pyrrole nitrogens is 1. The molecule has 2 fully saturated rings. The Morgan fingerprint density at radius 1 is 1.00 bits per heavy atom. The minimum atomic E-state index is 0.0125. The van der Waals surface area contributed by atoms with Crippen molar-refractivity contribution in [3.05, 3.63) is 53.3 Å². The number of nitrogens with one attached hydrogen (secondary N) is 1. The van der Waals surface area contributed by atoms with Crippen LogP contribution in [-0.4, -0.2) is 70.2 Å². The van der Waals surface area contributed by atoms with E-state index >= 15 is 0 Å². The molecule has 2 aromatic rings. The Kier molecular flexibility index (Phi) is 5.67. The van der Waals surface area contributed by atoms with Gasteiger partial charge in [0, 0.05) is 37.7 Å². The lowest BCUT2D eigenvalue weighted by Crippen LogP contribution is -2.48. The number of benzene rings is 1. The number of amides is 2. The molecule has 3 heterocycles. The monoisotopic (exact) mass is 396 g/mol. The SMILES string of the molecule is C[C@H]1CN(C(=O)c2cn[nH]c2C2CCN(C(=O)c3ccccc3)CC2)C[C@H](C)O1. The number of ether oxygens (including phenoxy) is 1. The van der Waals surface area contributed by atoms with Gasteiger partial charge in [0.15, 0.2) is 0 Å². The summed E-state index contributed by atoms with van der Waals surface area (Å²) in [4.78, 5) is 29.5. The highest BCUT2D eigenvalue weighted by Gasteiger charge is 2.32. The molecule has 1 aromatic carbocycles. The summed E-state index contributed by atoms with van der Waals surface area (Å²) >= 11 is 0. The zero-order chi connectivity index (χ0) is 20.4. The first-order chi connectivity index (χ1) is 14.0. The Morgan fingerprint density at radius 3 is 2.31 bits per heavy atom. The van der Waals surface area contributed by atoms with E-state index in [4.69, 9.17) is 4.74 Å². The maximum atomic E-state index is 13.1. The Bertz CT molecular complexity index is 848. The van der Waals surface area contributed by atoms with Gasteiger partial charge in [-0.1, -0.05) is 18.2 Å². The number of piperidine rings is 1. The first kappa shape index (κ1) is 19.6. The highest BCUT2D eigenvalue weighted by atomic mass is 16.5. The van der Waals surface area contributed by atoms with Crippen LogP contribution >= 0.6 is 0 Å². The molecule has 0 bridgehead atoms. The predicted octanol–water partition coefficient (Wildman–Crippen LogP) is 2.68. The molecule has 7 nitrogen and oxygen atoms in total.